The minimum Gasteiger partial charge on any atom is -0.285 e. The summed E-state index contributed by atoms with van der Waals surface area (Å²) in [6.07, 6.45) is 9.46. The summed E-state index contributed by atoms with van der Waals surface area (Å²) in [7, 11) is 0. The van der Waals surface area contributed by atoms with Crippen molar-refractivity contribution in [2.24, 2.45) is 9.98 Å². The Morgan fingerprint density at radius 2 is 1.87 bits per heavy atom. The molecule has 152 valence electrons. The van der Waals surface area contributed by atoms with Crippen LogP contribution in [0.2, 0.25) is 0 Å². The lowest BCUT2D eigenvalue weighted by atomic mass is 10.1. The van der Waals surface area contributed by atoms with Gasteiger partial charge in [0.15, 0.2) is 17.3 Å². The van der Waals surface area contributed by atoms with Crippen molar-refractivity contribution in [3.63, 3.8) is 0 Å². The Labute approximate surface area is 176 Å². The number of allylic oxidation sites excluding steroid dienone is 3. The molecule has 0 atom stereocenters. The molecule has 0 amide bonds. The van der Waals surface area contributed by atoms with Crippen LogP contribution in [0.3, 0.4) is 0 Å². The highest BCUT2D eigenvalue weighted by Crippen LogP contribution is 2.22. The van der Waals surface area contributed by atoms with Gasteiger partial charge in [0, 0.05) is 35.9 Å². The molecule has 1 aromatic carbocycles. The van der Waals surface area contributed by atoms with Gasteiger partial charge in [-0.15, -0.1) is 0 Å². The largest absolute Gasteiger partial charge is 0.285 e. The number of fused-ring (bicyclic) bond motifs is 1. The van der Waals surface area contributed by atoms with Gasteiger partial charge in [-0.3, -0.25) is 10.6 Å². The van der Waals surface area contributed by atoms with Gasteiger partial charge in [-0.1, -0.05) is 18.2 Å². The van der Waals surface area contributed by atoms with Crippen molar-refractivity contribution in [2.45, 2.75) is 6.54 Å². The first kappa shape index (κ1) is 18.8. The van der Waals surface area contributed by atoms with Crippen LogP contribution in [0, 0.1) is 11.2 Å². The molecular formula is C22H16FN7O. The number of nitrogens with zero attached hydrogens (tertiary/aromatic N) is 6. The number of halogens is 1. The van der Waals surface area contributed by atoms with Crippen LogP contribution in [0.4, 0.5) is 4.39 Å². The number of nitrogens with one attached hydrogen (secondary N) is 1. The van der Waals surface area contributed by atoms with E-state index in [4.69, 9.17) is 5.41 Å². The number of hydrogen-bond acceptors (Lipinski definition) is 6. The van der Waals surface area contributed by atoms with Gasteiger partial charge in [0.05, 0.1) is 11.9 Å². The Bertz CT molecular complexity index is 1350. The lowest BCUT2D eigenvalue weighted by molar-refractivity contribution is 0.0105. The van der Waals surface area contributed by atoms with Crippen LogP contribution < -0.4 is 0 Å². The van der Waals surface area contributed by atoms with E-state index in [0.717, 1.165) is 5.06 Å². The molecule has 3 aromatic rings. The van der Waals surface area contributed by atoms with E-state index in [1.165, 1.54) is 18.5 Å². The van der Waals surface area contributed by atoms with Crippen LogP contribution in [0.5, 0.6) is 0 Å². The summed E-state index contributed by atoms with van der Waals surface area (Å²) in [6, 6.07) is 10.2. The predicted molar refractivity (Wildman–Crippen MR) is 115 cm³/mol. The monoisotopic (exact) mass is 413 g/mol. The van der Waals surface area contributed by atoms with Crippen molar-refractivity contribution in [3.05, 3.63) is 95.4 Å². The summed E-state index contributed by atoms with van der Waals surface area (Å²) in [6.45, 7) is 0.206. The van der Waals surface area contributed by atoms with Crippen molar-refractivity contribution in [3.8, 4) is 0 Å². The summed E-state index contributed by atoms with van der Waals surface area (Å²) in [4.78, 5) is 13.2. The molecule has 0 aliphatic carbocycles. The number of benzene rings is 1. The zero-order valence-electron chi connectivity index (χ0n) is 16.1. The standard InChI is InChI=1S/C22H16FN7O/c23-18-6-2-1-4-15(18)13-30-22-16(5-3-9-25-22)19(28-30)21-26-12-17(20(24)27-21)14-7-10-29(31)11-8-14/h1-12,24,31H,13H2. The van der Waals surface area contributed by atoms with Crippen LogP contribution in [0.15, 0.2) is 88.3 Å². The predicted octanol–water partition coefficient (Wildman–Crippen LogP) is 3.46. The second kappa shape index (κ2) is 7.54. The first-order valence-electron chi connectivity index (χ1n) is 9.45. The summed E-state index contributed by atoms with van der Waals surface area (Å²) in [5, 5.41) is 24.0. The molecule has 9 heteroatoms. The van der Waals surface area contributed by atoms with Crippen molar-refractivity contribution < 1.29 is 9.60 Å². The van der Waals surface area contributed by atoms with E-state index >= 15 is 0 Å². The molecule has 4 heterocycles. The molecular weight excluding hydrogens is 397 g/mol. The Morgan fingerprint density at radius 3 is 2.65 bits per heavy atom. The van der Waals surface area contributed by atoms with Crippen LogP contribution in [0.1, 0.15) is 11.3 Å². The zero-order chi connectivity index (χ0) is 21.4. The Hall–Kier alpha value is -4.24. The fourth-order valence-corrected chi connectivity index (χ4v) is 3.38. The summed E-state index contributed by atoms with van der Waals surface area (Å²) < 4.78 is 15.8. The maximum absolute atomic E-state index is 14.2. The van der Waals surface area contributed by atoms with Crippen LogP contribution in [-0.2, 0) is 6.54 Å². The molecule has 2 aliphatic rings. The highest BCUT2D eigenvalue weighted by atomic mass is 19.1. The normalized spacial score (nSPS) is 15.9. The molecule has 0 spiro atoms. The lowest BCUT2D eigenvalue weighted by Gasteiger charge is -2.14. The molecule has 2 aliphatic heterocycles. The van der Waals surface area contributed by atoms with Crippen molar-refractivity contribution in [2.75, 3.05) is 0 Å². The van der Waals surface area contributed by atoms with E-state index in [-0.39, 0.29) is 24.0 Å². The number of rotatable bonds is 3. The minimum atomic E-state index is -0.315. The van der Waals surface area contributed by atoms with E-state index < -0.39 is 0 Å². The van der Waals surface area contributed by atoms with Gasteiger partial charge in [0.25, 0.3) is 0 Å². The lowest BCUT2D eigenvalue weighted by Crippen LogP contribution is -2.15. The summed E-state index contributed by atoms with van der Waals surface area (Å²) in [5.41, 5.74) is 2.78. The molecule has 0 unspecified atom stereocenters. The Morgan fingerprint density at radius 1 is 1.06 bits per heavy atom. The first-order chi connectivity index (χ1) is 15.1. The van der Waals surface area contributed by atoms with Crippen LogP contribution >= 0.6 is 0 Å². The average molecular weight is 413 g/mol. The van der Waals surface area contributed by atoms with E-state index in [1.54, 1.807) is 53.5 Å². The number of amidine groups is 2. The quantitative estimate of drug-likeness (QED) is 0.686. The molecule has 0 bridgehead atoms. The fourth-order valence-electron chi connectivity index (χ4n) is 3.38. The van der Waals surface area contributed by atoms with Gasteiger partial charge in [-0.25, -0.2) is 29.1 Å². The maximum atomic E-state index is 14.2. The van der Waals surface area contributed by atoms with Crippen LogP contribution in [-0.4, -0.2) is 42.9 Å². The van der Waals surface area contributed by atoms with Gasteiger partial charge in [-0.2, -0.15) is 5.10 Å². The number of pyridine rings is 1. The van der Waals surface area contributed by atoms with Crippen molar-refractivity contribution >= 4 is 28.9 Å². The van der Waals surface area contributed by atoms with E-state index in [9.17, 15) is 9.60 Å². The van der Waals surface area contributed by atoms with Crippen molar-refractivity contribution in [1.29, 1.82) is 5.41 Å². The molecule has 0 radical (unpaired) electrons. The van der Waals surface area contributed by atoms with E-state index in [2.05, 4.69) is 20.1 Å². The van der Waals surface area contributed by atoms with Gasteiger partial charge < -0.3 is 0 Å². The number of hydroxylamine groups is 2. The Balaban J connectivity index is 1.54. The maximum Gasteiger partial charge on any atom is 0.182 e. The second-order valence-electron chi connectivity index (χ2n) is 6.89. The molecule has 8 nitrogen and oxygen atoms in total. The van der Waals surface area contributed by atoms with Crippen LogP contribution in [0.25, 0.3) is 11.0 Å². The molecule has 2 aromatic heterocycles. The van der Waals surface area contributed by atoms with Gasteiger partial charge in [0.2, 0.25) is 0 Å². The second-order valence-corrected chi connectivity index (χ2v) is 6.89. The molecule has 0 saturated carbocycles. The molecule has 0 saturated heterocycles. The van der Waals surface area contributed by atoms with Gasteiger partial charge >= 0.3 is 0 Å². The van der Waals surface area contributed by atoms with Gasteiger partial charge in [0.1, 0.15) is 11.5 Å². The number of hydrogen-bond donors (Lipinski definition) is 2. The molecule has 2 N–H and O–H groups in total. The third kappa shape index (κ3) is 3.47. The summed E-state index contributed by atoms with van der Waals surface area (Å²) in [5.74, 6) is -0.00156. The third-order valence-electron chi connectivity index (χ3n) is 4.91. The fraction of sp³-hybridized carbons (Fsp3) is 0.0455. The number of aromatic nitrogens is 3. The first-order valence-corrected chi connectivity index (χ1v) is 9.45. The topological polar surface area (TPSA) is 103 Å². The van der Waals surface area contributed by atoms with E-state index in [1.807, 2.05) is 6.07 Å². The average Bonchev–Trinajstić information content (AvgIpc) is 3.15. The highest BCUT2D eigenvalue weighted by Gasteiger charge is 2.21. The smallest absolute Gasteiger partial charge is 0.182 e. The SMILES string of the molecule is N=C1N=C(c2nn(Cc3ccccc3F)c3ncccc23)N=CC1=C1C=CN(O)C=C1. The third-order valence-corrected chi connectivity index (χ3v) is 4.91. The zero-order valence-corrected chi connectivity index (χ0v) is 16.1. The van der Waals surface area contributed by atoms with E-state index in [0.29, 0.717) is 33.4 Å². The van der Waals surface area contributed by atoms with Gasteiger partial charge in [-0.05, 0) is 35.9 Å². The minimum absolute atomic E-state index is 0.0291. The summed E-state index contributed by atoms with van der Waals surface area (Å²) >= 11 is 0. The molecule has 0 fully saturated rings. The molecule has 31 heavy (non-hydrogen) atoms. The molecule has 5 rings (SSSR count). The number of aliphatic imine (C=N–C) groups is 2. The van der Waals surface area contributed by atoms with Crippen molar-refractivity contribution in [1.82, 2.24) is 19.8 Å². The highest BCUT2D eigenvalue weighted by molar-refractivity contribution is 6.27. The Kier molecular flexibility index (Phi) is 4.57.